The third-order valence-corrected chi connectivity index (χ3v) is 5.24. The van der Waals surface area contributed by atoms with Gasteiger partial charge in [-0.15, -0.1) is 0 Å². The third-order valence-electron chi connectivity index (χ3n) is 5.24. The maximum Gasteiger partial charge on any atom is 0.255 e. The maximum atomic E-state index is 12.8. The smallest absolute Gasteiger partial charge is 0.255 e. The average Bonchev–Trinajstić information content (AvgIpc) is 2.67. The van der Waals surface area contributed by atoms with E-state index in [1.54, 1.807) is 12.1 Å². The van der Waals surface area contributed by atoms with Crippen molar-refractivity contribution in [1.29, 1.82) is 0 Å². The largest absolute Gasteiger partial charge is 0.330 e. The molecule has 0 radical (unpaired) electrons. The quantitative estimate of drug-likeness (QED) is 0.615. The van der Waals surface area contributed by atoms with Gasteiger partial charge in [0.05, 0.1) is 5.56 Å². The molecule has 1 aromatic rings. The van der Waals surface area contributed by atoms with Gasteiger partial charge in [-0.1, -0.05) is 6.07 Å². The summed E-state index contributed by atoms with van der Waals surface area (Å²) in [4.78, 5) is 49.0. The standard InChI is InChI=1S/C19H23N3O4/c1-22(16-4-5-17(24)21-18(16)25)19(26)15-3-2-13(10-14(15)11-23)12-6-8-20-9-7-12/h2-3,10-12,16,20H,4-9H2,1H3,(H,21,24,25). The number of piperidine rings is 2. The lowest BCUT2D eigenvalue weighted by Crippen LogP contribution is -2.53. The first-order valence-electron chi connectivity index (χ1n) is 8.92. The first-order chi connectivity index (χ1) is 12.5. The Morgan fingerprint density at radius 3 is 2.58 bits per heavy atom. The van der Waals surface area contributed by atoms with Crippen LogP contribution < -0.4 is 10.6 Å². The van der Waals surface area contributed by atoms with Crippen LogP contribution in [0.3, 0.4) is 0 Å². The summed E-state index contributed by atoms with van der Waals surface area (Å²) in [5.74, 6) is -0.812. The Kier molecular flexibility index (Phi) is 5.46. The number of carbonyl (C=O) groups excluding carboxylic acids is 4. The molecule has 1 unspecified atom stereocenters. The van der Waals surface area contributed by atoms with E-state index in [1.807, 2.05) is 6.07 Å². The van der Waals surface area contributed by atoms with Gasteiger partial charge in [0, 0.05) is 19.0 Å². The minimum Gasteiger partial charge on any atom is -0.330 e. The number of rotatable bonds is 4. The van der Waals surface area contributed by atoms with Gasteiger partial charge in [-0.25, -0.2) is 0 Å². The average molecular weight is 357 g/mol. The van der Waals surface area contributed by atoms with Crippen LogP contribution in [-0.4, -0.2) is 55.1 Å². The molecule has 1 aromatic carbocycles. The normalized spacial score (nSPS) is 21.2. The lowest BCUT2D eigenvalue weighted by molar-refractivity contribution is -0.136. The van der Waals surface area contributed by atoms with E-state index in [0.29, 0.717) is 17.8 Å². The van der Waals surface area contributed by atoms with E-state index in [9.17, 15) is 19.2 Å². The second kappa shape index (κ2) is 7.78. The maximum absolute atomic E-state index is 12.8. The topological polar surface area (TPSA) is 95.6 Å². The number of nitrogens with one attached hydrogen (secondary N) is 2. The van der Waals surface area contributed by atoms with Gasteiger partial charge in [0.2, 0.25) is 11.8 Å². The van der Waals surface area contributed by atoms with E-state index in [-0.39, 0.29) is 24.3 Å². The SMILES string of the molecule is CN(C(=O)c1ccc(C2CCNCC2)cc1C=O)C1CCC(=O)NC1=O. The number of aldehydes is 1. The molecule has 2 aliphatic heterocycles. The number of carbonyl (C=O) groups is 4. The molecule has 2 N–H and O–H groups in total. The summed E-state index contributed by atoms with van der Waals surface area (Å²) in [5.41, 5.74) is 1.68. The van der Waals surface area contributed by atoms with Crippen molar-refractivity contribution in [2.24, 2.45) is 0 Å². The second-order valence-electron chi connectivity index (χ2n) is 6.87. The fourth-order valence-corrected chi connectivity index (χ4v) is 3.67. The molecule has 0 aliphatic carbocycles. The van der Waals surface area contributed by atoms with E-state index in [1.165, 1.54) is 11.9 Å². The van der Waals surface area contributed by atoms with E-state index >= 15 is 0 Å². The van der Waals surface area contributed by atoms with Crippen LogP contribution in [0.25, 0.3) is 0 Å². The summed E-state index contributed by atoms with van der Waals surface area (Å²) in [6.45, 7) is 1.89. The number of amides is 3. The number of likely N-dealkylation sites (N-methyl/N-ethyl adjacent to an activating group) is 1. The number of imide groups is 1. The van der Waals surface area contributed by atoms with E-state index in [4.69, 9.17) is 0 Å². The summed E-state index contributed by atoms with van der Waals surface area (Å²) in [6, 6.07) is 4.65. The molecule has 0 spiro atoms. The van der Waals surface area contributed by atoms with Crippen molar-refractivity contribution in [1.82, 2.24) is 15.5 Å². The highest BCUT2D eigenvalue weighted by Gasteiger charge is 2.33. The molecule has 3 amide bonds. The minimum absolute atomic E-state index is 0.198. The Bertz CT molecular complexity index is 740. The number of hydrogen-bond acceptors (Lipinski definition) is 5. The molecule has 2 saturated heterocycles. The predicted octanol–water partition coefficient (Wildman–Crippen LogP) is 0.843. The zero-order valence-electron chi connectivity index (χ0n) is 14.8. The van der Waals surface area contributed by atoms with Gasteiger partial charge in [-0.3, -0.25) is 24.5 Å². The molecule has 3 rings (SSSR count). The lowest BCUT2D eigenvalue weighted by Gasteiger charge is -2.30. The molecule has 2 fully saturated rings. The number of nitrogens with zero attached hydrogens (tertiary/aromatic N) is 1. The molecule has 2 heterocycles. The van der Waals surface area contributed by atoms with Crippen molar-refractivity contribution >= 4 is 24.0 Å². The predicted molar refractivity (Wildman–Crippen MR) is 94.9 cm³/mol. The van der Waals surface area contributed by atoms with Crippen LogP contribution in [-0.2, 0) is 9.59 Å². The Labute approximate surface area is 152 Å². The second-order valence-corrected chi connectivity index (χ2v) is 6.87. The van der Waals surface area contributed by atoms with Gasteiger partial charge >= 0.3 is 0 Å². The van der Waals surface area contributed by atoms with Crippen molar-refractivity contribution in [3.05, 3.63) is 34.9 Å². The third kappa shape index (κ3) is 3.67. The highest BCUT2D eigenvalue weighted by molar-refractivity contribution is 6.06. The summed E-state index contributed by atoms with van der Waals surface area (Å²) >= 11 is 0. The molecule has 1 atom stereocenters. The molecule has 26 heavy (non-hydrogen) atoms. The van der Waals surface area contributed by atoms with Gasteiger partial charge < -0.3 is 10.2 Å². The molecule has 0 aromatic heterocycles. The van der Waals surface area contributed by atoms with E-state index in [0.717, 1.165) is 31.5 Å². The summed E-state index contributed by atoms with van der Waals surface area (Å²) < 4.78 is 0. The summed E-state index contributed by atoms with van der Waals surface area (Å²) in [6.07, 6.45) is 3.18. The Balaban J connectivity index is 1.81. The van der Waals surface area contributed by atoms with Crippen molar-refractivity contribution in [3.8, 4) is 0 Å². The Hall–Kier alpha value is -2.54. The minimum atomic E-state index is -0.705. The van der Waals surface area contributed by atoms with Crippen LogP contribution in [0.5, 0.6) is 0 Å². The van der Waals surface area contributed by atoms with Crippen molar-refractivity contribution in [2.75, 3.05) is 20.1 Å². The van der Waals surface area contributed by atoms with Crippen molar-refractivity contribution < 1.29 is 19.2 Å². The molecule has 2 aliphatic rings. The molecule has 7 heteroatoms. The zero-order chi connectivity index (χ0) is 18.7. The monoisotopic (exact) mass is 357 g/mol. The lowest BCUT2D eigenvalue weighted by atomic mass is 9.88. The van der Waals surface area contributed by atoms with E-state index < -0.39 is 17.9 Å². The summed E-state index contributed by atoms with van der Waals surface area (Å²) in [5, 5.41) is 5.56. The van der Waals surface area contributed by atoms with Gasteiger partial charge in [-0.05, 0) is 56.0 Å². The fraction of sp³-hybridized carbons (Fsp3) is 0.474. The van der Waals surface area contributed by atoms with Gasteiger partial charge in [-0.2, -0.15) is 0 Å². The zero-order valence-corrected chi connectivity index (χ0v) is 14.8. The van der Waals surface area contributed by atoms with Crippen LogP contribution in [0.15, 0.2) is 18.2 Å². The first-order valence-corrected chi connectivity index (χ1v) is 8.92. The van der Waals surface area contributed by atoms with Gasteiger partial charge in [0.25, 0.3) is 5.91 Å². The van der Waals surface area contributed by atoms with Gasteiger partial charge in [0.1, 0.15) is 6.04 Å². The number of hydrogen-bond donors (Lipinski definition) is 2. The Morgan fingerprint density at radius 1 is 1.19 bits per heavy atom. The van der Waals surface area contributed by atoms with Crippen LogP contribution >= 0.6 is 0 Å². The van der Waals surface area contributed by atoms with Crippen LogP contribution in [0, 0.1) is 0 Å². The fourth-order valence-electron chi connectivity index (χ4n) is 3.67. The first kappa shape index (κ1) is 18.3. The molecule has 138 valence electrons. The van der Waals surface area contributed by atoms with Crippen molar-refractivity contribution in [3.63, 3.8) is 0 Å². The van der Waals surface area contributed by atoms with Crippen molar-refractivity contribution in [2.45, 2.75) is 37.6 Å². The van der Waals surface area contributed by atoms with Crippen LogP contribution in [0.4, 0.5) is 0 Å². The molecular weight excluding hydrogens is 334 g/mol. The Morgan fingerprint density at radius 2 is 1.92 bits per heavy atom. The molecule has 0 bridgehead atoms. The van der Waals surface area contributed by atoms with Gasteiger partial charge in [0.15, 0.2) is 6.29 Å². The molecule has 7 nitrogen and oxygen atoms in total. The number of benzene rings is 1. The van der Waals surface area contributed by atoms with Crippen LogP contribution in [0.2, 0.25) is 0 Å². The molecule has 0 saturated carbocycles. The van der Waals surface area contributed by atoms with Crippen LogP contribution in [0.1, 0.15) is 57.9 Å². The van der Waals surface area contributed by atoms with E-state index in [2.05, 4.69) is 10.6 Å². The highest BCUT2D eigenvalue weighted by atomic mass is 16.2. The summed E-state index contributed by atoms with van der Waals surface area (Å²) in [7, 11) is 1.53. The molecular formula is C19H23N3O4. The highest BCUT2D eigenvalue weighted by Crippen LogP contribution is 2.27.